The van der Waals surface area contributed by atoms with Gasteiger partial charge in [0.1, 0.15) is 0 Å². The lowest BCUT2D eigenvalue weighted by molar-refractivity contribution is 0.297. The van der Waals surface area contributed by atoms with Gasteiger partial charge in [-0.1, -0.05) is 19.8 Å². The highest BCUT2D eigenvalue weighted by Gasteiger charge is 2.23. The number of sulfonamides is 1. The Hall–Kier alpha value is -0.130. The molecule has 4 nitrogen and oxygen atoms in total. The molecule has 0 unspecified atom stereocenters. The van der Waals surface area contributed by atoms with Crippen molar-refractivity contribution < 1.29 is 8.42 Å². The summed E-state index contributed by atoms with van der Waals surface area (Å²) in [7, 11) is -3.14. The fourth-order valence-corrected chi connectivity index (χ4v) is 3.62. The van der Waals surface area contributed by atoms with Crippen LogP contribution in [0.4, 0.5) is 0 Å². The molecule has 1 aliphatic rings. The minimum absolute atomic E-state index is 0.0435. The highest BCUT2D eigenvalue weighted by molar-refractivity contribution is 7.89. The molecule has 0 spiro atoms. The molecule has 0 radical (unpaired) electrons. The van der Waals surface area contributed by atoms with Gasteiger partial charge in [-0.2, -0.15) is 0 Å². The highest BCUT2D eigenvalue weighted by Crippen LogP contribution is 2.27. The average Bonchev–Trinajstić information content (AvgIpc) is 2.21. The fraction of sp³-hybridized carbons (Fsp3) is 1.00. The summed E-state index contributed by atoms with van der Waals surface area (Å²) in [5.74, 6) is 0.849. The second kappa shape index (κ2) is 6.57. The summed E-state index contributed by atoms with van der Waals surface area (Å²) >= 11 is 0. The predicted molar refractivity (Wildman–Crippen MR) is 66.6 cm³/mol. The standard InChI is InChI=1S/C11H24N2O2S/c1-2-3-10-4-6-11(7-5-10)13-16(14,15)9-8-12/h10-11,13H,2-9,12H2,1H3. The van der Waals surface area contributed by atoms with Crippen LogP contribution in [-0.2, 0) is 10.0 Å². The van der Waals surface area contributed by atoms with Crippen LogP contribution in [0.1, 0.15) is 45.4 Å². The van der Waals surface area contributed by atoms with Crippen molar-refractivity contribution in [1.29, 1.82) is 0 Å². The molecule has 0 heterocycles. The Kier molecular flexibility index (Phi) is 5.72. The minimum Gasteiger partial charge on any atom is -0.329 e. The number of hydrogen-bond acceptors (Lipinski definition) is 3. The first-order chi connectivity index (χ1) is 7.57. The van der Waals surface area contributed by atoms with E-state index in [1.165, 1.54) is 12.8 Å². The molecule has 0 aliphatic heterocycles. The predicted octanol–water partition coefficient (Wildman–Crippen LogP) is 1.22. The Morgan fingerprint density at radius 3 is 2.38 bits per heavy atom. The van der Waals surface area contributed by atoms with Crippen LogP contribution >= 0.6 is 0 Å². The van der Waals surface area contributed by atoms with Gasteiger partial charge in [0.2, 0.25) is 10.0 Å². The third-order valence-corrected chi connectivity index (χ3v) is 4.74. The summed E-state index contributed by atoms with van der Waals surface area (Å²) in [6.07, 6.45) is 6.78. The van der Waals surface area contributed by atoms with Gasteiger partial charge in [-0.3, -0.25) is 0 Å². The number of hydrogen-bond donors (Lipinski definition) is 2. The van der Waals surface area contributed by atoms with Crippen molar-refractivity contribution in [3.05, 3.63) is 0 Å². The van der Waals surface area contributed by atoms with Crippen LogP contribution in [0, 0.1) is 5.92 Å². The molecule has 1 aliphatic carbocycles. The maximum atomic E-state index is 11.5. The second-order valence-electron chi connectivity index (χ2n) is 4.73. The molecule has 1 saturated carbocycles. The molecule has 0 atom stereocenters. The first kappa shape index (κ1) is 13.9. The van der Waals surface area contributed by atoms with Gasteiger partial charge in [0.05, 0.1) is 5.75 Å². The molecule has 0 saturated heterocycles. The minimum atomic E-state index is -3.14. The molecule has 0 aromatic heterocycles. The topological polar surface area (TPSA) is 72.2 Å². The number of nitrogens with one attached hydrogen (secondary N) is 1. The summed E-state index contributed by atoms with van der Waals surface area (Å²) in [6.45, 7) is 2.40. The molecule has 3 N–H and O–H groups in total. The Morgan fingerprint density at radius 2 is 1.88 bits per heavy atom. The van der Waals surface area contributed by atoms with Crippen molar-refractivity contribution in [3.8, 4) is 0 Å². The number of rotatable bonds is 6. The van der Waals surface area contributed by atoms with Crippen molar-refractivity contribution in [1.82, 2.24) is 4.72 Å². The van der Waals surface area contributed by atoms with E-state index in [-0.39, 0.29) is 18.3 Å². The van der Waals surface area contributed by atoms with Crippen LogP contribution in [0.2, 0.25) is 0 Å². The maximum Gasteiger partial charge on any atom is 0.213 e. The average molecular weight is 248 g/mol. The summed E-state index contributed by atoms with van der Waals surface area (Å²) < 4.78 is 25.8. The molecule has 5 heteroatoms. The van der Waals surface area contributed by atoms with Crippen molar-refractivity contribution in [2.75, 3.05) is 12.3 Å². The van der Waals surface area contributed by atoms with E-state index in [2.05, 4.69) is 11.6 Å². The Labute approximate surface area is 99.0 Å². The van der Waals surface area contributed by atoms with Crippen LogP contribution in [0.15, 0.2) is 0 Å². The van der Waals surface area contributed by atoms with Gasteiger partial charge in [0.15, 0.2) is 0 Å². The summed E-state index contributed by atoms with van der Waals surface area (Å²) in [6, 6.07) is 0.143. The second-order valence-corrected chi connectivity index (χ2v) is 6.61. The third-order valence-electron chi connectivity index (χ3n) is 3.28. The van der Waals surface area contributed by atoms with Gasteiger partial charge < -0.3 is 5.73 Å². The molecule has 0 bridgehead atoms. The molecular weight excluding hydrogens is 224 g/mol. The quantitative estimate of drug-likeness (QED) is 0.742. The molecule has 1 rings (SSSR count). The summed E-state index contributed by atoms with van der Waals surface area (Å²) in [4.78, 5) is 0. The zero-order chi connectivity index (χ0) is 12.0. The van der Waals surface area contributed by atoms with Gasteiger partial charge in [0.25, 0.3) is 0 Å². The summed E-state index contributed by atoms with van der Waals surface area (Å²) in [5, 5.41) is 0. The fourth-order valence-electron chi connectivity index (χ4n) is 2.45. The SMILES string of the molecule is CCCC1CCC(NS(=O)(=O)CCN)CC1. The van der Waals surface area contributed by atoms with Crippen LogP contribution in [-0.4, -0.2) is 26.8 Å². The first-order valence-electron chi connectivity index (χ1n) is 6.27. The Bertz CT molecular complexity index is 282. The third kappa shape index (κ3) is 4.80. The monoisotopic (exact) mass is 248 g/mol. The Balaban J connectivity index is 2.32. The van der Waals surface area contributed by atoms with Gasteiger partial charge >= 0.3 is 0 Å². The number of nitrogens with two attached hydrogens (primary N) is 1. The van der Waals surface area contributed by atoms with E-state index in [1.807, 2.05) is 0 Å². The first-order valence-corrected chi connectivity index (χ1v) is 7.92. The lowest BCUT2D eigenvalue weighted by atomic mass is 9.84. The van der Waals surface area contributed by atoms with E-state index in [1.54, 1.807) is 0 Å². The molecule has 16 heavy (non-hydrogen) atoms. The van der Waals surface area contributed by atoms with E-state index >= 15 is 0 Å². The summed E-state index contributed by atoms with van der Waals surface area (Å²) in [5.41, 5.74) is 5.26. The van der Waals surface area contributed by atoms with Gasteiger partial charge in [0, 0.05) is 12.6 Å². The van der Waals surface area contributed by atoms with Crippen LogP contribution in [0.25, 0.3) is 0 Å². The van der Waals surface area contributed by atoms with E-state index < -0.39 is 10.0 Å². The lowest BCUT2D eigenvalue weighted by Gasteiger charge is -2.28. The smallest absolute Gasteiger partial charge is 0.213 e. The van der Waals surface area contributed by atoms with E-state index in [0.29, 0.717) is 0 Å². The Morgan fingerprint density at radius 1 is 1.25 bits per heavy atom. The maximum absolute atomic E-state index is 11.5. The van der Waals surface area contributed by atoms with Crippen LogP contribution in [0.3, 0.4) is 0 Å². The molecular formula is C11H24N2O2S. The molecule has 0 aromatic carbocycles. The van der Waals surface area contributed by atoms with Crippen LogP contribution in [0.5, 0.6) is 0 Å². The van der Waals surface area contributed by atoms with Crippen molar-refractivity contribution in [3.63, 3.8) is 0 Å². The highest BCUT2D eigenvalue weighted by atomic mass is 32.2. The zero-order valence-electron chi connectivity index (χ0n) is 10.1. The van der Waals surface area contributed by atoms with Gasteiger partial charge in [-0.25, -0.2) is 13.1 Å². The molecule has 1 fully saturated rings. The van der Waals surface area contributed by atoms with Gasteiger partial charge in [-0.15, -0.1) is 0 Å². The van der Waals surface area contributed by atoms with Crippen LogP contribution < -0.4 is 10.5 Å². The van der Waals surface area contributed by atoms with E-state index in [4.69, 9.17) is 5.73 Å². The van der Waals surface area contributed by atoms with Crippen molar-refractivity contribution in [2.24, 2.45) is 11.7 Å². The zero-order valence-corrected chi connectivity index (χ0v) is 10.9. The normalized spacial score (nSPS) is 26.9. The molecule has 96 valence electrons. The largest absolute Gasteiger partial charge is 0.329 e. The lowest BCUT2D eigenvalue weighted by Crippen LogP contribution is -2.40. The van der Waals surface area contributed by atoms with Gasteiger partial charge in [-0.05, 0) is 31.6 Å². The van der Waals surface area contributed by atoms with E-state index in [0.717, 1.165) is 31.6 Å². The van der Waals surface area contributed by atoms with Crippen molar-refractivity contribution in [2.45, 2.75) is 51.5 Å². The van der Waals surface area contributed by atoms with Crippen molar-refractivity contribution >= 4 is 10.0 Å². The molecule has 0 aromatic rings. The van der Waals surface area contributed by atoms with E-state index in [9.17, 15) is 8.42 Å². The molecule has 0 amide bonds.